The Morgan fingerprint density at radius 2 is 1.07 bits per heavy atom. The first kappa shape index (κ1) is 36.3. The van der Waals surface area contributed by atoms with Crippen LogP contribution in [0.4, 0.5) is 0 Å². The molecule has 5 atom stereocenters. The van der Waals surface area contributed by atoms with Crippen molar-refractivity contribution in [3.8, 4) is 0 Å². The molecular weight excluding hydrogens is 584 g/mol. The summed E-state index contributed by atoms with van der Waals surface area (Å²) in [7, 11) is 0. The van der Waals surface area contributed by atoms with Crippen LogP contribution in [-0.4, -0.2) is 59.9 Å². The van der Waals surface area contributed by atoms with Crippen molar-refractivity contribution in [3.05, 3.63) is 71.8 Å². The zero-order valence-electron chi connectivity index (χ0n) is 27.7. The van der Waals surface area contributed by atoms with Crippen molar-refractivity contribution in [1.29, 1.82) is 0 Å². The molecule has 1 aliphatic heterocycles. The smallest absolute Gasteiger partial charge is 0.329 e. The molecule has 4 N–H and O–H groups in total. The lowest BCUT2D eigenvalue weighted by molar-refractivity contribution is -0.155. The maximum absolute atomic E-state index is 13.9. The number of carbonyl (C=O) groups excluding carboxylic acids is 5. The zero-order chi connectivity index (χ0) is 33.6. The fourth-order valence-corrected chi connectivity index (χ4v) is 5.56. The molecule has 10 nitrogen and oxygen atoms in total. The molecule has 0 aromatic heterocycles. The summed E-state index contributed by atoms with van der Waals surface area (Å²) in [4.78, 5) is 68.2. The molecule has 1 heterocycles. The lowest BCUT2D eigenvalue weighted by Gasteiger charge is -2.29. The second kappa shape index (κ2) is 18.1. The predicted octanol–water partition coefficient (Wildman–Crippen LogP) is 3.62. The van der Waals surface area contributed by atoms with E-state index in [1.54, 1.807) is 0 Å². The first-order valence-corrected chi connectivity index (χ1v) is 16.4. The van der Waals surface area contributed by atoms with Crippen LogP contribution in [0.25, 0.3) is 0 Å². The van der Waals surface area contributed by atoms with Gasteiger partial charge in [-0.1, -0.05) is 102 Å². The van der Waals surface area contributed by atoms with Gasteiger partial charge in [-0.05, 0) is 42.2 Å². The molecule has 46 heavy (non-hydrogen) atoms. The Kier molecular flexibility index (Phi) is 14.2. The van der Waals surface area contributed by atoms with Gasteiger partial charge in [-0.15, -0.1) is 0 Å². The van der Waals surface area contributed by atoms with Crippen molar-refractivity contribution in [2.75, 3.05) is 0 Å². The maximum atomic E-state index is 13.9. The van der Waals surface area contributed by atoms with Gasteiger partial charge in [0.05, 0.1) is 6.42 Å². The number of cyclic esters (lactones) is 1. The summed E-state index contributed by atoms with van der Waals surface area (Å²) in [5.41, 5.74) is 1.63. The van der Waals surface area contributed by atoms with Gasteiger partial charge in [0.1, 0.15) is 30.3 Å². The summed E-state index contributed by atoms with van der Waals surface area (Å²) in [5.74, 6) is -2.58. The summed E-state index contributed by atoms with van der Waals surface area (Å²) in [6, 6.07) is 14.6. The van der Waals surface area contributed by atoms with Crippen LogP contribution in [0.5, 0.6) is 0 Å². The Balaban J connectivity index is 2.03. The van der Waals surface area contributed by atoms with Gasteiger partial charge < -0.3 is 26.0 Å². The van der Waals surface area contributed by atoms with Crippen LogP contribution in [0.3, 0.4) is 0 Å². The first-order chi connectivity index (χ1) is 21.9. The van der Waals surface area contributed by atoms with E-state index in [2.05, 4.69) is 21.3 Å². The fraction of sp³-hybridized carbons (Fsp3) is 0.528. The topological polar surface area (TPSA) is 143 Å². The average Bonchev–Trinajstić information content (AvgIpc) is 2.99. The predicted molar refractivity (Wildman–Crippen MR) is 176 cm³/mol. The van der Waals surface area contributed by atoms with Gasteiger partial charge >= 0.3 is 5.97 Å². The summed E-state index contributed by atoms with van der Waals surface area (Å²) < 4.78 is 5.86. The highest BCUT2D eigenvalue weighted by Crippen LogP contribution is 2.15. The number of rotatable bonds is 10. The molecule has 3 rings (SSSR count). The minimum absolute atomic E-state index is 0.0305. The van der Waals surface area contributed by atoms with E-state index in [1.807, 2.05) is 95.3 Å². The van der Waals surface area contributed by atoms with Gasteiger partial charge in [-0.25, -0.2) is 4.79 Å². The number of hydrogen-bond donors (Lipinski definition) is 4. The van der Waals surface area contributed by atoms with E-state index in [-0.39, 0.29) is 31.1 Å². The monoisotopic (exact) mass is 634 g/mol. The third-order valence-corrected chi connectivity index (χ3v) is 7.80. The Morgan fingerprint density at radius 3 is 1.57 bits per heavy atom. The molecule has 0 saturated carbocycles. The normalized spacial score (nSPS) is 23.7. The zero-order valence-corrected chi connectivity index (χ0v) is 27.7. The number of nitrogens with one attached hydrogen (secondary N) is 4. The maximum Gasteiger partial charge on any atom is 0.329 e. The van der Waals surface area contributed by atoms with E-state index in [0.717, 1.165) is 11.1 Å². The van der Waals surface area contributed by atoms with Crippen molar-refractivity contribution in [3.63, 3.8) is 0 Å². The van der Waals surface area contributed by atoms with E-state index in [4.69, 9.17) is 4.74 Å². The van der Waals surface area contributed by atoms with E-state index in [0.29, 0.717) is 25.7 Å². The molecule has 0 unspecified atom stereocenters. The number of esters is 1. The third-order valence-electron chi connectivity index (χ3n) is 7.80. The highest BCUT2D eigenvalue weighted by Gasteiger charge is 2.34. The minimum atomic E-state index is -1.05. The van der Waals surface area contributed by atoms with Crippen LogP contribution in [0.2, 0.25) is 0 Å². The summed E-state index contributed by atoms with van der Waals surface area (Å²) in [6.07, 6.45) is 1.18. The van der Waals surface area contributed by atoms with E-state index >= 15 is 0 Å². The van der Waals surface area contributed by atoms with E-state index in [9.17, 15) is 24.0 Å². The molecule has 250 valence electrons. The van der Waals surface area contributed by atoms with Gasteiger partial charge in [0, 0.05) is 12.8 Å². The average molecular weight is 635 g/mol. The molecule has 0 bridgehead atoms. The molecule has 0 spiro atoms. The van der Waals surface area contributed by atoms with Crippen LogP contribution >= 0.6 is 0 Å². The van der Waals surface area contributed by atoms with Gasteiger partial charge in [-0.2, -0.15) is 0 Å². The Bertz CT molecular complexity index is 1300. The number of benzene rings is 2. The van der Waals surface area contributed by atoms with Gasteiger partial charge in [0.15, 0.2) is 0 Å². The van der Waals surface area contributed by atoms with Crippen LogP contribution in [0.1, 0.15) is 77.8 Å². The molecule has 2 aromatic carbocycles. The van der Waals surface area contributed by atoms with Crippen LogP contribution < -0.4 is 21.3 Å². The molecule has 1 saturated heterocycles. The van der Waals surface area contributed by atoms with Crippen LogP contribution in [-0.2, 0) is 41.6 Å². The minimum Gasteiger partial charge on any atom is -0.460 e. The quantitative estimate of drug-likeness (QED) is 0.294. The number of carbonyl (C=O) groups is 5. The summed E-state index contributed by atoms with van der Waals surface area (Å²) in [5, 5.41) is 11.4. The first-order valence-electron chi connectivity index (χ1n) is 16.4. The molecular formula is C36H50N4O6. The van der Waals surface area contributed by atoms with Gasteiger partial charge in [0.2, 0.25) is 23.6 Å². The van der Waals surface area contributed by atoms with Crippen molar-refractivity contribution >= 4 is 29.6 Å². The standard InChI is InChI=1S/C36H50N4O6/c1-6-13-27-22-32(41)37-28(18-23(2)3)33(42)39-30(20-25-14-9-7-10-15-25)35(44)38-29(19-24(4)5)34(43)40-31(36(45)46-27)21-26-16-11-8-12-17-26/h7-12,14-17,23-24,27-31H,6,13,18-22H2,1-5H3,(H,37,41)(H,38,44)(H,39,42)(H,40,43)/t27-,28+,29+,30-,31+/m1/s1. The molecule has 10 heteroatoms. The van der Waals surface area contributed by atoms with Crippen LogP contribution in [0.15, 0.2) is 60.7 Å². The lowest BCUT2D eigenvalue weighted by atomic mass is 9.99. The highest BCUT2D eigenvalue weighted by atomic mass is 16.5. The van der Waals surface area contributed by atoms with Gasteiger partial charge in [0.25, 0.3) is 0 Å². The number of ether oxygens (including phenoxy) is 1. The second-order valence-electron chi connectivity index (χ2n) is 13.0. The van der Waals surface area contributed by atoms with Crippen molar-refractivity contribution < 1.29 is 28.7 Å². The molecule has 2 aromatic rings. The Labute approximate surface area is 272 Å². The van der Waals surface area contributed by atoms with Gasteiger partial charge in [-0.3, -0.25) is 19.2 Å². The Hall–Kier alpha value is -4.21. The molecule has 0 radical (unpaired) electrons. The van der Waals surface area contributed by atoms with E-state index < -0.39 is 59.9 Å². The third kappa shape index (κ3) is 11.9. The van der Waals surface area contributed by atoms with Crippen molar-refractivity contribution in [2.24, 2.45) is 11.8 Å². The molecule has 4 amide bonds. The van der Waals surface area contributed by atoms with E-state index in [1.165, 1.54) is 0 Å². The summed E-state index contributed by atoms with van der Waals surface area (Å²) >= 11 is 0. The SMILES string of the molecule is CCC[C@@H]1CC(=O)N[C@@H](CC(C)C)C(=O)N[C@H](Cc2ccccc2)C(=O)N[C@@H](CC(C)C)C(=O)N[C@@H](Cc2ccccc2)C(=O)O1. The fourth-order valence-electron chi connectivity index (χ4n) is 5.56. The molecule has 0 aliphatic carbocycles. The summed E-state index contributed by atoms with van der Waals surface area (Å²) in [6.45, 7) is 9.68. The Morgan fingerprint density at radius 1 is 0.630 bits per heavy atom. The molecule has 1 fully saturated rings. The molecule has 1 aliphatic rings. The van der Waals surface area contributed by atoms with Crippen molar-refractivity contribution in [2.45, 2.75) is 110 Å². The second-order valence-corrected chi connectivity index (χ2v) is 13.0. The highest BCUT2D eigenvalue weighted by molar-refractivity contribution is 5.95. The number of amides is 4. The van der Waals surface area contributed by atoms with Crippen LogP contribution in [0, 0.1) is 11.8 Å². The number of hydrogen-bond acceptors (Lipinski definition) is 6. The lowest BCUT2D eigenvalue weighted by Crippen LogP contribution is -2.59. The largest absolute Gasteiger partial charge is 0.460 e. The van der Waals surface area contributed by atoms with Crippen molar-refractivity contribution in [1.82, 2.24) is 21.3 Å².